The van der Waals surface area contributed by atoms with Crippen LogP contribution in [0.3, 0.4) is 0 Å². The Bertz CT molecular complexity index is 1030. The lowest BCUT2D eigenvalue weighted by Crippen LogP contribution is -2.37. The number of carbonyl (C=O) groups excluding carboxylic acids is 2. The molecule has 1 aromatic rings. The summed E-state index contributed by atoms with van der Waals surface area (Å²) >= 11 is 0. The Morgan fingerprint density at radius 3 is 2.00 bits per heavy atom. The van der Waals surface area contributed by atoms with Gasteiger partial charge in [0.25, 0.3) is 0 Å². The highest BCUT2D eigenvalue weighted by atomic mass is 16.5. The SMILES string of the molecule is Cc1c(C)c2c(c(C)c1OC(=O)C(=O)CCC(=O)O)CCC(C)(CCCC(C)CCCC(C)CCCC(C)C)O2. The van der Waals surface area contributed by atoms with E-state index in [1.165, 1.54) is 44.9 Å². The lowest BCUT2D eigenvalue weighted by molar-refractivity contribution is -0.148. The second-order valence-corrected chi connectivity index (χ2v) is 13.1. The Morgan fingerprint density at radius 2 is 1.43 bits per heavy atom. The fraction of sp³-hybridized carbons (Fsp3) is 0.735. The van der Waals surface area contributed by atoms with Gasteiger partial charge in [-0.2, -0.15) is 0 Å². The van der Waals surface area contributed by atoms with Crippen LogP contribution in [0.15, 0.2) is 0 Å². The van der Waals surface area contributed by atoms with Crippen LogP contribution >= 0.6 is 0 Å². The molecular weight excluding hydrogens is 504 g/mol. The zero-order chi connectivity index (χ0) is 30.0. The number of aliphatic carboxylic acids is 1. The molecule has 2 rings (SSSR count). The molecule has 6 nitrogen and oxygen atoms in total. The van der Waals surface area contributed by atoms with Gasteiger partial charge in [-0.1, -0.05) is 72.6 Å². The number of hydrogen-bond acceptors (Lipinski definition) is 5. The maximum atomic E-state index is 12.4. The second-order valence-electron chi connectivity index (χ2n) is 13.1. The van der Waals surface area contributed by atoms with Crippen LogP contribution in [0.4, 0.5) is 0 Å². The molecule has 0 spiro atoms. The number of Topliss-reactive ketones (excluding diaryl/α,β-unsaturated/α-hetero) is 1. The molecule has 0 saturated carbocycles. The number of benzene rings is 1. The number of fused-ring (bicyclic) bond motifs is 1. The molecule has 1 aliphatic heterocycles. The van der Waals surface area contributed by atoms with E-state index < -0.39 is 24.1 Å². The topological polar surface area (TPSA) is 89.9 Å². The number of ketones is 1. The van der Waals surface area contributed by atoms with Gasteiger partial charge in [0, 0.05) is 12.0 Å². The second kappa shape index (κ2) is 15.6. The van der Waals surface area contributed by atoms with Crippen molar-refractivity contribution in [2.45, 2.75) is 144 Å². The molecule has 0 aromatic heterocycles. The number of esters is 1. The quantitative estimate of drug-likeness (QED) is 0.117. The van der Waals surface area contributed by atoms with Gasteiger partial charge >= 0.3 is 11.9 Å². The summed E-state index contributed by atoms with van der Waals surface area (Å²) in [5.74, 6) is 0.672. The summed E-state index contributed by atoms with van der Waals surface area (Å²) in [5, 5.41) is 8.78. The standard InChI is InChI=1S/C34H54O6/c1-22(2)12-9-13-23(3)14-10-15-24(4)16-11-20-34(8)21-19-28-27(7)31(25(5)26(6)32(28)40-34)39-33(38)29(35)17-18-30(36)37/h22-24H,9-21H2,1-8H3,(H,36,37). The maximum absolute atomic E-state index is 12.4. The average molecular weight is 559 g/mol. The molecule has 0 amide bonds. The molecule has 1 N–H and O–H groups in total. The monoisotopic (exact) mass is 558 g/mol. The zero-order valence-corrected chi connectivity index (χ0v) is 26.4. The predicted molar refractivity (Wildman–Crippen MR) is 160 cm³/mol. The Hall–Kier alpha value is -2.37. The van der Waals surface area contributed by atoms with E-state index >= 15 is 0 Å². The first-order valence-corrected chi connectivity index (χ1v) is 15.5. The van der Waals surface area contributed by atoms with E-state index in [0.717, 1.165) is 71.4 Å². The van der Waals surface area contributed by atoms with E-state index in [1.807, 2.05) is 20.8 Å². The summed E-state index contributed by atoms with van der Waals surface area (Å²) in [7, 11) is 0. The molecule has 1 heterocycles. The Morgan fingerprint density at radius 1 is 0.850 bits per heavy atom. The van der Waals surface area contributed by atoms with Crippen molar-refractivity contribution in [3.8, 4) is 11.5 Å². The van der Waals surface area contributed by atoms with E-state index in [-0.39, 0.29) is 12.0 Å². The van der Waals surface area contributed by atoms with Gasteiger partial charge in [0.2, 0.25) is 5.78 Å². The Kier molecular flexibility index (Phi) is 13.2. The minimum Gasteiger partial charge on any atom is -0.487 e. The number of carboxylic acid groups (broad SMARTS) is 1. The van der Waals surface area contributed by atoms with Crippen molar-refractivity contribution in [1.82, 2.24) is 0 Å². The third-order valence-electron chi connectivity index (χ3n) is 8.83. The van der Waals surface area contributed by atoms with Gasteiger partial charge in [-0.3, -0.25) is 9.59 Å². The third kappa shape index (κ3) is 10.2. The predicted octanol–water partition coefficient (Wildman–Crippen LogP) is 8.47. The van der Waals surface area contributed by atoms with Crippen LogP contribution < -0.4 is 9.47 Å². The lowest BCUT2D eigenvalue weighted by Gasteiger charge is -2.38. The molecule has 1 aliphatic rings. The highest BCUT2D eigenvalue weighted by molar-refractivity contribution is 6.34. The first-order valence-electron chi connectivity index (χ1n) is 15.5. The average Bonchev–Trinajstić information content (AvgIpc) is 2.87. The third-order valence-corrected chi connectivity index (χ3v) is 8.83. The van der Waals surface area contributed by atoms with E-state index in [4.69, 9.17) is 14.6 Å². The van der Waals surface area contributed by atoms with Gasteiger partial charge in [0.15, 0.2) is 0 Å². The minimum absolute atomic E-state index is 0.230. The number of ether oxygens (including phenoxy) is 2. The number of hydrogen-bond donors (Lipinski definition) is 1. The molecule has 226 valence electrons. The summed E-state index contributed by atoms with van der Waals surface area (Å²) in [6.45, 7) is 17.3. The molecule has 0 saturated heterocycles. The molecular formula is C34H54O6. The fourth-order valence-electron chi connectivity index (χ4n) is 5.89. The summed E-state index contributed by atoms with van der Waals surface area (Å²) in [5.41, 5.74) is 3.30. The molecule has 0 bridgehead atoms. The molecule has 0 aliphatic carbocycles. The molecule has 40 heavy (non-hydrogen) atoms. The number of carbonyl (C=O) groups is 3. The molecule has 1 aromatic carbocycles. The number of carboxylic acids is 1. The van der Waals surface area contributed by atoms with Crippen LogP contribution in [0.5, 0.6) is 11.5 Å². The van der Waals surface area contributed by atoms with Gasteiger partial charge in [0.05, 0.1) is 6.42 Å². The lowest BCUT2D eigenvalue weighted by atomic mass is 9.83. The first kappa shape index (κ1) is 33.8. The van der Waals surface area contributed by atoms with Crippen molar-refractivity contribution >= 4 is 17.7 Å². The van der Waals surface area contributed by atoms with Gasteiger partial charge < -0.3 is 14.6 Å². The highest BCUT2D eigenvalue weighted by Crippen LogP contribution is 2.45. The van der Waals surface area contributed by atoms with E-state index in [1.54, 1.807) is 0 Å². The van der Waals surface area contributed by atoms with Crippen LogP contribution in [-0.2, 0) is 20.8 Å². The summed E-state index contributed by atoms with van der Waals surface area (Å²) < 4.78 is 12.2. The van der Waals surface area contributed by atoms with Gasteiger partial charge in [-0.05, 0) is 87.8 Å². The van der Waals surface area contributed by atoms with Gasteiger partial charge in [-0.25, -0.2) is 4.79 Å². The molecule has 6 heteroatoms. The first-order chi connectivity index (χ1) is 18.7. The van der Waals surface area contributed by atoms with Crippen molar-refractivity contribution in [2.75, 3.05) is 0 Å². The van der Waals surface area contributed by atoms with E-state index in [9.17, 15) is 14.4 Å². The van der Waals surface area contributed by atoms with Crippen LogP contribution in [-0.4, -0.2) is 28.4 Å². The summed E-state index contributed by atoms with van der Waals surface area (Å²) in [6, 6.07) is 0. The molecule has 3 unspecified atom stereocenters. The van der Waals surface area contributed by atoms with Crippen LogP contribution in [0, 0.1) is 38.5 Å². The molecule has 0 radical (unpaired) electrons. The molecule has 3 atom stereocenters. The van der Waals surface area contributed by atoms with Crippen molar-refractivity contribution < 1.29 is 29.0 Å². The minimum atomic E-state index is -1.12. The van der Waals surface area contributed by atoms with Crippen LogP contribution in [0.1, 0.15) is 134 Å². The molecule has 0 fully saturated rings. The van der Waals surface area contributed by atoms with E-state index in [2.05, 4.69) is 34.6 Å². The zero-order valence-electron chi connectivity index (χ0n) is 26.4. The fourth-order valence-corrected chi connectivity index (χ4v) is 5.89. The Labute approximate surface area is 242 Å². The van der Waals surface area contributed by atoms with Gasteiger partial charge in [0.1, 0.15) is 17.1 Å². The maximum Gasteiger partial charge on any atom is 0.380 e. The van der Waals surface area contributed by atoms with Crippen LogP contribution in [0.25, 0.3) is 0 Å². The van der Waals surface area contributed by atoms with Crippen molar-refractivity contribution in [2.24, 2.45) is 17.8 Å². The number of rotatable bonds is 17. The summed E-state index contributed by atoms with van der Waals surface area (Å²) in [6.07, 6.45) is 12.3. The van der Waals surface area contributed by atoms with Crippen LogP contribution in [0.2, 0.25) is 0 Å². The van der Waals surface area contributed by atoms with Crippen molar-refractivity contribution in [1.29, 1.82) is 0 Å². The normalized spacial score (nSPS) is 18.1. The highest BCUT2D eigenvalue weighted by Gasteiger charge is 2.35. The summed E-state index contributed by atoms with van der Waals surface area (Å²) in [4.78, 5) is 35.2. The van der Waals surface area contributed by atoms with Crippen molar-refractivity contribution in [3.05, 3.63) is 22.3 Å². The smallest absolute Gasteiger partial charge is 0.380 e. The van der Waals surface area contributed by atoms with Crippen molar-refractivity contribution in [3.63, 3.8) is 0 Å². The largest absolute Gasteiger partial charge is 0.487 e. The van der Waals surface area contributed by atoms with Gasteiger partial charge in [-0.15, -0.1) is 0 Å². The Balaban J connectivity index is 1.90. The van der Waals surface area contributed by atoms with E-state index in [0.29, 0.717) is 5.75 Å².